The summed E-state index contributed by atoms with van der Waals surface area (Å²) in [5.41, 5.74) is 11.1. The third-order valence-electron chi connectivity index (χ3n) is 6.28. The van der Waals surface area contributed by atoms with Crippen LogP contribution in [-0.2, 0) is 23.9 Å². The molecule has 12 heteroatoms. The second kappa shape index (κ2) is 25.0. The van der Waals surface area contributed by atoms with E-state index in [0.717, 1.165) is 45.1 Å². The van der Waals surface area contributed by atoms with Crippen LogP contribution in [0.25, 0.3) is 0 Å². The maximum atomic E-state index is 13.0. The highest BCUT2D eigenvalue weighted by molar-refractivity contribution is 5.93. The number of amides is 3. The summed E-state index contributed by atoms with van der Waals surface area (Å²) in [4.78, 5) is 50.3. The molecule has 230 valence electrons. The Balaban J connectivity index is 0. The fourth-order valence-corrected chi connectivity index (χ4v) is 4.09. The van der Waals surface area contributed by atoms with E-state index in [9.17, 15) is 24.3 Å². The quantitative estimate of drug-likeness (QED) is 0.0779. The molecule has 0 aromatic carbocycles. The minimum Gasteiger partial charge on any atom is -0.467 e. The second-order valence-corrected chi connectivity index (χ2v) is 10.2. The fraction of sp³-hybridized carbons (Fsp3) is 0.852. The minimum atomic E-state index is -1.18. The molecular formula is C27H54ClN5O6. The van der Waals surface area contributed by atoms with E-state index in [1.807, 2.05) is 13.8 Å². The number of nitrogens with two attached hydrogens (primary N) is 2. The number of ether oxygens (including phenoxy) is 1. The van der Waals surface area contributed by atoms with E-state index in [1.54, 1.807) is 0 Å². The Morgan fingerprint density at radius 3 is 1.72 bits per heavy atom. The lowest BCUT2D eigenvalue weighted by Crippen LogP contribution is -2.56. The molecule has 0 rings (SSSR count). The van der Waals surface area contributed by atoms with Crippen LogP contribution in [0.1, 0.15) is 97.3 Å². The topological polar surface area (TPSA) is 186 Å². The average Bonchev–Trinajstić information content (AvgIpc) is 2.88. The van der Waals surface area contributed by atoms with Crippen molar-refractivity contribution in [2.24, 2.45) is 17.4 Å². The molecule has 0 spiro atoms. The number of unbranched alkanes of at least 4 members (excludes halogenated alkanes) is 8. The minimum absolute atomic E-state index is 0. The Bertz CT molecular complexity index is 683. The SMILES string of the molecule is COC(=O)[C@H](CC(C)C)NC(=O)[C@H](CCCCN)NC(=O)[C@H](CO)NC(=O)CCCCCCCCCCN.Cl. The van der Waals surface area contributed by atoms with Crippen LogP contribution < -0.4 is 27.4 Å². The van der Waals surface area contributed by atoms with Crippen molar-refractivity contribution < 1.29 is 29.0 Å². The normalized spacial score (nSPS) is 13.1. The fourth-order valence-electron chi connectivity index (χ4n) is 4.09. The lowest BCUT2D eigenvalue weighted by molar-refractivity contribution is -0.146. The lowest BCUT2D eigenvalue weighted by atomic mass is 10.0. The molecule has 0 aromatic rings. The predicted octanol–water partition coefficient (Wildman–Crippen LogP) is 1.67. The molecule has 8 N–H and O–H groups in total. The summed E-state index contributed by atoms with van der Waals surface area (Å²) in [5, 5.41) is 17.6. The largest absolute Gasteiger partial charge is 0.467 e. The van der Waals surface area contributed by atoms with Gasteiger partial charge in [0.15, 0.2) is 0 Å². The number of hydrogen-bond donors (Lipinski definition) is 6. The number of esters is 1. The predicted molar refractivity (Wildman–Crippen MR) is 155 cm³/mol. The van der Waals surface area contributed by atoms with Gasteiger partial charge in [-0.15, -0.1) is 12.4 Å². The zero-order chi connectivity index (χ0) is 28.8. The van der Waals surface area contributed by atoms with Gasteiger partial charge in [-0.1, -0.05) is 52.4 Å². The summed E-state index contributed by atoms with van der Waals surface area (Å²) in [6.07, 6.45) is 10.5. The summed E-state index contributed by atoms with van der Waals surface area (Å²) < 4.78 is 4.80. The van der Waals surface area contributed by atoms with Crippen LogP contribution in [0.2, 0.25) is 0 Å². The molecule has 0 heterocycles. The first-order chi connectivity index (χ1) is 18.2. The number of nitrogens with one attached hydrogen (secondary N) is 3. The number of carbonyl (C=O) groups is 4. The monoisotopic (exact) mass is 579 g/mol. The third kappa shape index (κ3) is 19.7. The zero-order valence-corrected chi connectivity index (χ0v) is 25.0. The highest BCUT2D eigenvalue weighted by atomic mass is 35.5. The zero-order valence-electron chi connectivity index (χ0n) is 24.2. The highest BCUT2D eigenvalue weighted by Crippen LogP contribution is 2.10. The Hall–Kier alpha value is -1.95. The highest BCUT2D eigenvalue weighted by Gasteiger charge is 2.29. The summed E-state index contributed by atoms with van der Waals surface area (Å²) in [6, 6.07) is -2.98. The van der Waals surface area contributed by atoms with E-state index in [1.165, 1.54) is 13.5 Å². The number of halogens is 1. The molecule has 3 amide bonds. The number of carbonyl (C=O) groups excluding carboxylic acids is 4. The van der Waals surface area contributed by atoms with E-state index in [4.69, 9.17) is 16.2 Å². The molecule has 0 unspecified atom stereocenters. The van der Waals surface area contributed by atoms with E-state index >= 15 is 0 Å². The molecule has 0 aromatic heterocycles. The summed E-state index contributed by atoms with van der Waals surface area (Å²) in [6.45, 7) is 4.40. The van der Waals surface area contributed by atoms with Crippen molar-refractivity contribution in [3.05, 3.63) is 0 Å². The molecule has 0 saturated heterocycles. The molecule has 0 aliphatic carbocycles. The Labute approximate surface area is 240 Å². The van der Waals surface area contributed by atoms with Gasteiger partial charge in [0.1, 0.15) is 18.1 Å². The maximum Gasteiger partial charge on any atom is 0.328 e. The van der Waals surface area contributed by atoms with Crippen molar-refractivity contribution in [2.45, 2.75) is 115 Å². The first kappa shape index (κ1) is 39.2. The van der Waals surface area contributed by atoms with Crippen LogP contribution in [0.15, 0.2) is 0 Å². The molecule has 0 aliphatic rings. The lowest BCUT2D eigenvalue weighted by Gasteiger charge is -2.25. The number of aliphatic hydroxyl groups excluding tert-OH is 1. The van der Waals surface area contributed by atoms with Crippen molar-refractivity contribution in [3.63, 3.8) is 0 Å². The molecule has 3 atom stereocenters. The van der Waals surface area contributed by atoms with Gasteiger partial charge in [0.2, 0.25) is 17.7 Å². The van der Waals surface area contributed by atoms with Crippen LogP contribution in [-0.4, -0.2) is 73.7 Å². The van der Waals surface area contributed by atoms with Gasteiger partial charge in [-0.2, -0.15) is 0 Å². The van der Waals surface area contributed by atoms with Crippen LogP contribution in [0.4, 0.5) is 0 Å². The number of aliphatic hydroxyl groups is 1. The second-order valence-electron chi connectivity index (χ2n) is 10.2. The molecular weight excluding hydrogens is 526 g/mol. The Morgan fingerprint density at radius 1 is 0.718 bits per heavy atom. The average molecular weight is 580 g/mol. The van der Waals surface area contributed by atoms with Crippen molar-refractivity contribution >= 4 is 36.1 Å². The van der Waals surface area contributed by atoms with Gasteiger partial charge >= 0.3 is 5.97 Å². The van der Waals surface area contributed by atoms with E-state index in [2.05, 4.69) is 16.0 Å². The number of rotatable bonds is 23. The van der Waals surface area contributed by atoms with Gasteiger partial charge in [-0.25, -0.2) is 4.79 Å². The number of hydrogen-bond acceptors (Lipinski definition) is 8. The first-order valence-electron chi connectivity index (χ1n) is 14.2. The van der Waals surface area contributed by atoms with E-state index in [0.29, 0.717) is 38.6 Å². The van der Waals surface area contributed by atoms with Crippen LogP contribution in [0.5, 0.6) is 0 Å². The van der Waals surface area contributed by atoms with Gasteiger partial charge < -0.3 is 37.3 Å². The molecule has 0 aliphatic heterocycles. The van der Waals surface area contributed by atoms with Gasteiger partial charge in [-0.05, 0) is 57.5 Å². The molecule has 0 radical (unpaired) electrons. The van der Waals surface area contributed by atoms with Crippen molar-refractivity contribution in [1.82, 2.24) is 16.0 Å². The van der Waals surface area contributed by atoms with Crippen molar-refractivity contribution in [3.8, 4) is 0 Å². The third-order valence-corrected chi connectivity index (χ3v) is 6.28. The van der Waals surface area contributed by atoms with Crippen LogP contribution in [0, 0.1) is 5.92 Å². The first-order valence-corrected chi connectivity index (χ1v) is 14.2. The molecule has 0 saturated carbocycles. The number of methoxy groups -OCH3 is 1. The standard InChI is InChI=1S/C27H53N5O6.ClH/c1-20(2)18-22(27(37)38-3)32-25(35)21(14-11-13-17-29)31-26(36)23(19-33)30-24(34)15-10-8-6-4-5-7-9-12-16-28;/h20-23,33H,4-19,28-29H2,1-3H3,(H,30,34)(H,31,36)(H,32,35);1H/t21-,22-,23-;/m0./s1. The van der Waals surface area contributed by atoms with E-state index in [-0.39, 0.29) is 30.7 Å². The molecule has 11 nitrogen and oxygen atoms in total. The Kier molecular flexibility index (Phi) is 25.2. The maximum absolute atomic E-state index is 13.0. The van der Waals surface area contributed by atoms with Gasteiger partial charge in [-0.3, -0.25) is 14.4 Å². The molecule has 0 bridgehead atoms. The van der Waals surface area contributed by atoms with Crippen molar-refractivity contribution in [2.75, 3.05) is 26.8 Å². The van der Waals surface area contributed by atoms with Crippen molar-refractivity contribution in [1.29, 1.82) is 0 Å². The summed E-state index contributed by atoms with van der Waals surface area (Å²) >= 11 is 0. The van der Waals surface area contributed by atoms with Crippen LogP contribution >= 0.6 is 12.4 Å². The van der Waals surface area contributed by atoms with Crippen LogP contribution in [0.3, 0.4) is 0 Å². The molecule has 0 fully saturated rings. The summed E-state index contributed by atoms with van der Waals surface area (Å²) in [5.74, 6) is -1.96. The van der Waals surface area contributed by atoms with Gasteiger partial charge in [0.05, 0.1) is 13.7 Å². The smallest absolute Gasteiger partial charge is 0.328 e. The Morgan fingerprint density at radius 2 is 1.21 bits per heavy atom. The van der Waals surface area contributed by atoms with E-state index < -0.39 is 42.5 Å². The molecule has 39 heavy (non-hydrogen) atoms. The van der Waals surface area contributed by atoms with Gasteiger partial charge in [0, 0.05) is 6.42 Å². The van der Waals surface area contributed by atoms with Gasteiger partial charge in [0.25, 0.3) is 0 Å². The summed E-state index contributed by atoms with van der Waals surface area (Å²) in [7, 11) is 1.25.